The van der Waals surface area contributed by atoms with Crippen LogP contribution in [0, 0.1) is 11.6 Å². The molecule has 1 saturated heterocycles. The number of fused-ring (bicyclic) bond motifs is 2. The molecule has 0 bridgehead atoms. The molecule has 256 valence electrons. The number of morpholine rings is 1. The van der Waals surface area contributed by atoms with E-state index < -0.39 is 59.6 Å². The number of carbonyl (C=O) groups excluding carboxylic acids is 1. The Hall–Kier alpha value is -4.53. The van der Waals surface area contributed by atoms with Gasteiger partial charge in [-0.3, -0.25) is 9.59 Å². The normalized spacial score (nSPS) is 18.4. The van der Waals surface area contributed by atoms with Gasteiger partial charge in [-0.15, -0.1) is 0 Å². The molecule has 2 aliphatic heterocycles. The van der Waals surface area contributed by atoms with Crippen LogP contribution in [-0.4, -0.2) is 71.2 Å². The highest BCUT2D eigenvalue weighted by Gasteiger charge is 2.46. The second-order valence-electron chi connectivity index (χ2n) is 12.1. The lowest BCUT2D eigenvalue weighted by Gasteiger charge is -2.38. The Balaban J connectivity index is 1.27. The lowest BCUT2D eigenvalue weighted by Crippen LogP contribution is -2.53. The number of hydrogen-bond acceptors (Lipinski definition) is 7. The number of aromatic nitrogens is 2. The largest absolute Gasteiger partial charge is 0.493 e. The summed E-state index contributed by atoms with van der Waals surface area (Å²) in [5.74, 6) is -5.38. The smallest absolute Gasteiger partial charge is 0.411 e. The maximum atomic E-state index is 15.2. The van der Waals surface area contributed by atoms with Gasteiger partial charge < -0.3 is 29.4 Å². The number of anilines is 1. The monoisotopic (exact) mass is 676 g/mol. The average molecular weight is 677 g/mol. The minimum Gasteiger partial charge on any atom is -0.493 e. The van der Waals surface area contributed by atoms with Crippen LogP contribution < -0.4 is 20.5 Å². The number of carboxylic acid groups (broad SMARTS) is 1. The zero-order chi connectivity index (χ0) is 34.3. The van der Waals surface area contributed by atoms with Crippen molar-refractivity contribution in [3.63, 3.8) is 0 Å². The molecule has 1 aliphatic carbocycles. The van der Waals surface area contributed by atoms with Crippen molar-refractivity contribution in [2.24, 2.45) is 7.05 Å². The second-order valence-corrected chi connectivity index (χ2v) is 12.1. The third-order valence-corrected chi connectivity index (χ3v) is 9.12. The molecule has 0 radical (unpaired) electrons. The van der Waals surface area contributed by atoms with E-state index in [-0.39, 0.29) is 30.8 Å². The number of alkyl halides is 3. The van der Waals surface area contributed by atoms with E-state index in [2.05, 4.69) is 5.32 Å². The third kappa shape index (κ3) is 6.34. The van der Waals surface area contributed by atoms with Crippen molar-refractivity contribution in [3.8, 4) is 17.0 Å². The molecular formula is C33H33F5N4O6. The summed E-state index contributed by atoms with van der Waals surface area (Å²) in [5.41, 5.74) is 1.70. The van der Waals surface area contributed by atoms with Gasteiger partial charge in [-0.25, -0.2) is 18.6 Å². The number of halogens is 5. The van der Waals surface area contributed by atoms with E-state index in [1.807, 2.05) is 0 Å². The fraction of sp³-hybridized carbons (Fsp3) is 0.455. The molecule has 10 nitrogen and oxygen atoms in total. The fourth-order valence-corrected chi connectivity index (χ4v) is 6.68. The lowest BCUT2D eigenvalue weighted by atomic mass is 9.91. The molecule has 0 saturated carbocycles. The summed E-state index contributed by atoms with van der Waals surface area (Å²) in [6.45, 7) is -0.768. The molecule has 0 unspecified atom stereocenters. The van der Waals surface area contributed by atoms with Gasteiger partial charge in [-0.1, -0.05) is 6.07 Å². The van der Waals surface area contributed by atoms with Crippen LogP contribution in [0.25, 0.3) is 11.3 Å². The van der Waals surface area contributed by atoms with Gasteiger partial charge in [0.2, 0.25) is 0 Å². The molecule has 0 spiro atoms. The highest BCUT2D eigenvalue weighted by atomic mass is 19.4. The van der Waals surface area contributed by atoms with Gasteiger partial charge in [0.05, 0.1) is 25.5 Å². The van der Waals surface area contributed by atoms with Crippen molar-refractivity contribution >= 4 is 17.6 Å². The van der Waals surface area contributed by atoms with E-state index in [9.17, 15) is 32.7 Å². The number of benzene rings is 2. The predicted molar refractivity (Wildman–Crippen MR) is 162 cm³/mol. The molecule has 15 heteroatoms. The van der Waals surface area contributed by atoms with Crippen LogP contribution in [0.2, 0.25) is 0 Å². The number of rotatable bonds is 7. The van der Waals surface area contributed by atoms with Gasteiger partial charge in [0.25, 0.3) is 11.5 Å². The molecule has 2 atom stereocenters. The summed E-state index contributed by atoms with van der Waals surface area (Å²) in [6, 6.07) is 0.690. The van der Waals surface area contributed by atoms with Crippen molar-refractivity contribution in [2.45, 2.75) is 63.2 Å². The molecule has 2 N–H and O–H groups in total. The van der Waals surface area contributed by atoms with Crippen LogP contribution in [-0.2, 0) is 42.3 Å². The first kappa shape index (κ1) is 33.4. The van der Waals surface area contributed by atoms with E-state index in [1.165, 1.54) is 0 Å². The first-order chi connectivity index (χ1) is 22.8. The topological polar surface area (TPSA) is 123 Å². The quantitative estimate of drug-likeness (QED) is 0.359. The van der Waals surface area contributed by atoms with Gasteiger partial charge in [0, 0.05) is 37.0 Å². The SMILES string of the molecule is Cn1c2c(nc(-c3ccc(C[C@H](NC(=O)c4c(F)cc(N5CCOC[C@@H]5C(F)(F)F)cc4F)C(=O)O)c4c3OCCC4)c1=O)CCCC2. The van der Waals surface area contributed by atoms with Crippen LogP contribution in [0.3, 0.4) is 0 Å². The maximum Gasteiger partial charge on any atom is 0.411 e. The highest BCUT2D eigenvalue weighted by molar-refractivity contribution is 5.97. The van der Waals surface area contributed by atoms with Crippen molar-refractivity contribution in [1.29, 1.82) is 0 Å². The summed E-state index contributed by atoms with van der Waals surface area (Å²) >= 11 is 0. The number of hydrogen-bond donors (Lipinski definition) is 2. The number of carbonyl (C=O) groups is 2. The Morgan fingerprint density at radius 2 is 1.81 bits per heavy atom. The molecule has 2 aromatic carbocycles. The number of nitrogens with zero attached hydrogens (tertiary/aromatic N) is 3. The number of aryl methyl sites for hydroxylation is 1. The summed E-state index contributed by atoms with van der Waals surface area (Å²) in [4.78, 5) is 44.2. The van der Waals surface area contributed by atoms with Crippen molar-refractivity contribution < 1.29 is 46.1 Å². The molecule has 1 amide bonds. The minimum absolute atomic E-state index is 0.103. The summed E-state index contributed by atoms with van der Waals surface area (Å²) in [5, 5.41) is 12.2. The highest BCUT2D eigenvalue weighted by Crippen LogP contribution is 2.38. The van der Waals surface area contributed by atoms with Crippen molar-refractivity contribution in [2.75, 3.05) is 31.3 Å². The van der Waals surface area contributed by atoms with Crippen LogP contribution in [0.15, 0.2) is 29.1 Å². The predicted octanol–water partition coefficient (Wildman–Crippen LogP) is 4.12. The zero-order valence-corrected chi connectivity index (χ0v) is 26.0. The Morgan fingerprint density at radius 3 is 2.52 bits per heavy atom. The summed E-state index contributed by atoms with van der Waals surface area (Å²) in [6.07, 6.45) is -0.524. The standard InChI is InChI=1S/C33H33F5N4O6/c1-41-25-7-3-2-6-23(25)39-28(31(41)44)20-9-8-17(19-5-4-11-48-29(19)20)13-24(32(45)46)40-30(43)27-21(34)14-18(15-22(27)35)42-10-12-47-16-26(42)33(36,37)38/h8-9,14-15,24,26H,2-7,10-13,16H2,1H3,(H,40,43)(H,45,46)/t24-,26+/m0/s1. The summed E-state index contributed by atoms with van der Waals surface area (Å²) < 4.78 is 83.5. The van der Waals surface area contributed by atoms with Crippen LogP contribution >= 0.6 is 0 Å². The molecule has 3 aromatic rings. The van der Waals surface area contributed by atoms with E-state index in [0.717, 1.165) is 42.0 Å². The molecular weight excluding hydrogens is 643 g/mol. The van der Waals surface area contributed by atoms with E-state index in [1.54, 1.807) is 23.7 Å². The van der Waals surface area contributed by atoms with Gasteiger partial charge in [0.15, 0.2) is 0 Å². The van der Waals surface area contributed by atoms with E-state index in [4.69, 9.17) is 14.5 Å². The maximum absolute atomic E-state index is 15.2. The van der Waals surface area contributed by atoms with Crippen molar-refractivity contribution in [1.82, 2.24) is 14.9 Å². The van der Waals surface area contributed by atoms with E-state index >= 15 is 8.78 Å². The Bertz CT molecular complexity index is 1800. The van der Waals surface area contributed by atoms with Crippen LogP contribution in [0.4, 0.5) is 27.6 Å². The Kier molecular flexibility index (Phi) is 9.16. The zero-order valence-electron chi connectivity index (χ0n) is 26.0. The number of amides is 1. The number of carboxylic acids is 1. The lowest BCUT2D eigenvalue weighted by molar-refractivity contribution is -0.167. The molecule has 3 heterocycles. The van der Waals surface area contributed by atoms with Gasteiger partial charge in [0.1, 0.15) is 40.7 Å². The Labute approximate surface area is 271 Å². The van der Waals surface area contributed by atoms with Gasteiger partial charge in [-0.2, -0.15) is 13.2 Å². The number of ether oxygens (including phenoxy) is 2. The fourth-order valence-electron chi connectivity index (χ4n) is 6.68. The van der Waals surface area contributed by atoms with Crippen LogP contribution in [0.5, 0.6) is 5.75 Å². The molecule has 3 aliphatic rings. The molecule has 6 rings (SSSR count). The summed E-state index contributed by atoms with van der Waals surface area (Å²) in [7, 11) is 1.71. The van der Waals surface area contributed by atoms with Crippen LogP contribution in [0.1, 0.15) is 52.1 Å². The van der Waals surface area contributed by atoms with Crippen molar-refractivity contribution in [3.05, 3.63) is 74.3 Å². The average Bonchev–Trinajstić information content (AvgIpc) is 3.05. The first-order valence-electron chi connectivity index (χ1n) is 15.7. The minimum atomic E-state index is -4.74. The third-order valence-electron chi connectivity index (χ3n) is 9.12. The number of aliphatic carboxylic acids is 1. The first-order valence-corrected chi connectivity index (χ1v) is 15.7. The number of nitrogens with one attached hydrogen (secondary N) is 1. The van der Waals surface area contributed by atoms with Gasteiger partial charge >= 0.3 is 12.1 Å². The van der Waals surface area contributed by atoms with Gasteiger partial charge in [-0.05, 0) is 67.9 Å². The molecule has 1 fully saturated rings. The molecule has 1 aromatic heterocycles. The molecule has 48 heavy (non-hydrogen) atoms. The van der Waals surface area contributed by atoms with E-state index in [0.29, 0.717) is 54.0 Å². The Morgan fingerprint density at radius 1 is 1.08 bits per heavy atom. The second kappa shape index (κ2) is 13.2.